The monoisotopic (exact) mass is 269 g/mol. The molecule has 1 atom stereocenters. The average Bonchev–Trinajstić information content (AvgIpc) is 2.39. The minimum absolute atomic E-state index is 0.337. The zero-order valence-electron chi connectivity index (χ0n) is 10.7. The van der Waals surface area contributed by atoms with Crippen LogP contribution >= 0.6 is 11.6 Å². The minimum Gasteiger partial charge on any atom is -0.385 e. The molecule has 1 unspecified atom stereocenters. The summed E-state index contributed by atoms with van der Waals surface area (Å²) in [5.74, 6) is 0. The van der Waals surface area contributed by atoms with Crippen molar-refractivity contribution in [1.82, 2.24) is 0 Å². The fourth-order valence-electron chi connectivity index (χ4n) is 2.75. The SMILES string of the molecule is CC(O)(c1cccc(Cl)c1)C1(CN)CCOCC1. The van der Waals surface area contributed by atoms with Gasteiger partial charge in [0.1, 0.15) is 0 Å². The predicted molar refractivity (Wildman–Crippen MR) is 72.6 cm³/mol. The first-order valence-electron chi connectivity index (χ1n) is 6.28. The molecule has 1 aliphatic rings. The van der Waals surface area contributed by atoms with Crippen LogP contribution in [-0.4, -0.2) is 24.9 Å². The molecule has 1 aromatic rings. The molecule has 0 amide bonds. The van der Waals surface area contributed by atoms with Crippen LogP contribution in [0, 0.1) is 5.41 Å². The van der Waals surface area contributed by atoms with E-state index in [0.29, 0.717) is 24.8 Å². The summed E-state index contributed by atoms with van der Waals surface area (Å²) in [6.07, 6.45) is 1.53. The number of hydrogen-bond donors (Lipinski definition) is 2. The highest BCUT2D eigenvalue weighted by Gasteiger charge is 2.48. The van der Waals surface area contributed by atoms with Crippen molar-refractivity contribution < 1.29 is 9.84 Å². The molecule has 0 bridgehead atoms. The van der Waals surface area contributed by atoms with Crippen molar-refractivity contribution >= 4 is 11.6 Å². The maximum absolute atomic E-state index is 11.0. The molecule has 100 valence electrons. The predicted octanol–water partition coefficient (Wildman–Crippen LogP) is 2.30. The number of nitrogens with two attached hydrogens (primary N) is 1. The van der Waals surface area contributed by atoms with Crippen molar-refractivity contribution in [3.05, 3.63) is 34.9 Å². The number of rotatable bonds is 3. The van der Waals surface area contributed by atoms with Gasteiger partial charge in [0, 0.05) is 30.2 Å². The first-order valence-corrected chi connectivity index (χ1v) is 6.66. The molecule has 3 nitrogen and oxygen atoms in total. The zero-order chi connectivity index (χ0) is 13.2. The van der Waals surface area contributed by atoms with E-state index in [1.807, 2.05) is 25.1 Å². The Kier molecular flexibility index (Phi) is 3.97. The van der Waals surface area contributed by atoms with Crippen molar-refractivity contribution in [3.8, 4) is 0 Å². The first-order chi connectivity index (χ1) is 8.52. The standard InChI is InChI=1S/C14H20ClNO2/c1-13(17,11-3-2-4-12(15)9-11)14(10-16)5-7-18-8-6-14/h2-4,9,17H,5-8,10,16H2,1H3. The van der Waals surface area contributed by atoms with Crippen LogP contribution in [0.1, 0.15) is 25.3 Å². The van der Waals surface area contributed by atoms with Crippen LogP contribution in [0.25, 0.3) is 0 Å². The fourth-order valence-corrected chi connectivity index (χ4v) is 2.94. The summed E-state index contributed by atoms with van der Waals surface area (Å²) in [6, 6.07) is 7.38. The third-order valence-electron chi connectivity index (χ3n) is 4.26. The van der Waals surface area contributed by atoms with Crippen molar-refractivity contribution in [2.45, 2.75) is 25.4 Å². The summed E-state index contributed by atoms with van der Waals surface area (Å²) in [6.45, 7) is 3.56. The van der Waals surface area contributed by atoms with Crippen LogP contribution in [0.4, 0.5) is 0 Å². The van der Waals surface area contributed by atoms with Gasteiger partial charge in [-0.05, 0) is 37.5 Å². The van der Waals surface area contributed by atoms with Gasteiger partial charge in [-0.3, -0.25) is 0 Å². The fraction of sp³-hybridized carbons (Fsp3) is 0.571. The number of halogens is 1. The second-order valence-electron chi connectivity index (χ2n) is 5.18. The number of ether oxygens (including phenoxy) is 1. The second kappa shape index (κ2) is 5.17. The molecular formula is C14H20ClNO2. The number of hydrogen-bond acceptors (Lipinski definition) is 3. The second-order valence-corrected chi connectivity index (χ2v) is 5.62. The van der Waals surface area contributed by atoms with Crippen LogP contribution in [0.5, 0.6) is 0 Å². The molecule has 1 aromatic carbocycles. The Morgan fingerprint density at radius 1 is 1.44 bits per heavy atom. The first kappa shape index (κ1) is 13.8. The Morgan fingerprint density at radius 3 is 2.67 bits per heavy atom. The summed E-state index contributed by atoms with van der Waals surface area (Å²) < 4.78 is 5.39. The van der Waals surface area contributed by atoms with Crippen molar-refractivity contribution in [2.75, 3.05) is 19.8 Å². The van der Waals surface area contributed by atoms with Crippen LogP contribution in [0.15, 0.2) is 24.3 Å². The summed E-state index contributed by atoms with van der Waals surface area (Å²) in [7, 11) is 0. The van der Waals surface area contributed by atoms with E-state index in [4.69, 9.17) is 22.1 Å². The van der Waals surface area contributed by atoms with E-state index in [9.17, 15) is 5.11 Å². The normalized spacial score (nSPS) is 22.4. The van der Waals surface area contributed by atoms with Crippen molar-refractivity contribution in [3.63, 3.8) is 0 Å². The van der Waals surface area contributed by atoms with E-state index < -0.39 is 5.60 Å². The van der Waals surface area contributed by atoms with Gasteiger partial charge in [0.2, 0.25) is 0 Å². The van der Waals surface area contributed by atoms with Gasteiger partial charge in [0.05, 0.1) is 5.60 Å². The molecule has 1 heterocycles. The third-order valence-corrected chi connectivity index (χ3v) is 4.50. The van der Waals surface area contributed by atoms with Gasteiger partial charge >= 0.3 is 0 Å². The van der Waals surface area contributed by atoms with Crippen LogP contribution in [0.3, 0.4) is 0 Å². The third kappa shape index (κ3) is 2.28. The number of benzene rings is 1. The highest BCUT2D eigenvalue weighted by atomic mass is 35.5. The molecule has 4 heteroatoms. The molecule has 1 fully saturated rings. The summed E-state index contributed by atoms with van der Waals surface area (Å²) in [5, 5.41) is 11.6. The lowest BCUT2D eigenvalue weighted by Crippen LogP contribution is -2.51. The topological polar surface area (TPSA) is 55.5 Å². The highest BCUT2D eigenvalue weighted by Crippen LogP contribution is 2.46. The van der Waals surface area contributed by atoms with E-state index in [-0.39, 0.29) is 5.41 Å². The Morgan fingerprint density at radius 2 is 2.11 bits per heavy atom. The van der Waals surface area contributed by atoms with Gasteiger partial charge in [0.15, 0.2) is 0 Å². The molecule has 0 spiro atoms. The van der Waals surface area contributed by atoms with Crippen molar-refractivity contribution in [1.29, 1.82) is 0 Å². The van der Waals surface area contributed by atoms with Crippen LogP contribution in [-0.2, 0) is 10.3 Å². The van der Waals surface area contributed by atoms with Gasteiger partial charge in [-0.2, -0.15) is 0 Å². The van der Waals surface area contributed by atoms with Gasteiger partial charge in [0.25, 0.3) is 0 Å². The Labute approximate surface area is 113 Å². The number of aliphatic hydroxyl groups is 1. The van der Waals surface area contributed by atoms with Crippen LogP contribution in [0.2, 0.25) is 5.02 Å². The largest absolute Gasteiger partial charge is 0.385 e. The molecule has 2 rings (SSSR count). The lowest BCUT2D eigenvalue weighted by atomic mass is 9.65. The molecule has 1 aliphatic heterocycles. The lowest BCUT2D eigenvalue weighted by molar-refractivity contribution is -0.123. The minimum atomic E-state index is -0.990. The van der Waals surface area contributed by atoms with E-state index >= 15 is 0 Å². The van der Waals surface area contributed by atoms with Gasteiger partial charge in [-0.1, -0.05) is 23.7 Å². The van der Waals surface area contributed by atoms with Crippen molar-refractivity contribution in [2.24, 2.45) is 11.1 Å². The summed E-state index contributed by atoms with van der Waals surface area (Å²) in [4.78, 5) is 0. The zero-order valence-corrected chi connectivity index (χ0v) is 11.4. The molecular weight excluding hydrogens is 250 g/mol. The van der Waals surface area contributed by atoms with Gasteiger partial charge < -0.3 is 15.6 Å². The molecule has 0 aliphatic carbocycles. The van der Waals surface area contributed by atoms with Gasteiger partial charge in [-0.25, -0.2) is 0 Å². The van der Waals surface area contributed by atoms with E-state index in [1.54, 1.807) is 6.07 Å². The van der Waals surface area contributed by atoms with E-state index in [1.165, 1.54) is 0 Å². The Bertz CT molecular complexity index is 414. The lowest BCUT2D eigenvalue weighted by Gasteiger charge is -2.47. The molecule has 3 N–H and O–H groups in total. The average molecular weight is 270 g/mol. The molecule has 0 radical (unpaired) electrons. The maximum atomic E-state index is 11.0. The van der Waals surface area contributed by atoms with E-state index in [2.05, 4.69) is 0 Å². The van der Waals surface area contributed by atoms with Gasteiger partial charge in [-0.15, -0.1) is 0 Å². The molecule has 0 aromatic heterocycles. The smallest absolute Gasteiger partial charge is 0.0938 e. The highest BCUT2D eigenvalue weighted by molar-refractivity contribution is 6.30. The molecule has 18 heavy (non-hydrogen) atoms. The quantitative estimate of drug-likeness (QED) is 0.885. The molecule has 0 saturated carbocycles. The van der Waals surface area contributed by atoms with E-state index in [0.717, 1.165) is 18.4 Å². The molecule has 1 saturated heterocycles. The van der Waals surface area contributed by atoms with Crippen LogP contribution < -0.4 is 5.73 Å². The Hall–Kier alpha value is -0.610. The summed E-state index contributed by atoms with van der Waals surface area (Å²) in [5.41, 5.74) is 5.45. The Balaban J connectivity index is 2.38. The maximum Gasteiger partial charge on any atom is 0.0938 e. The summed E-state index contributed by atoms with van der Waals surface area (Å²) >= 11 is 6.01.